The first-order valence-electron chi connectivity index (χ1n) is 9.67. The van der Waals surface area contributed by atoms with Gasteiger partial charge in [0, 0.05) is 31.8 Å². The minimum atomic E-state index is -0.112. The molecule has 4 rings (SSSR count). The summed E-state index contributed by atoms with van der Waals surface area (Å²) in [7, 11) is 0. The van der Waals surface area contributed by atoms with Gasteiger partial charge >= 0.3 is 0 Å². The van der Waals surface area contributed by atoms with E-state index in [9.17, 15) is 4.79 Å². The van der Waals surface area contributed by atoms with E-state index in [1.165, 1.54) is 17.2 Å². The molecule has 1 aliphatic heterocycles. The SMILES string of the molecule is CC(CNC(=O)/C=C/c1cnc2ccccc2n1)N1CCc2ccccc2C1. The number of rotatable bonds is 5. The van der Waals surface area contributed by atoms with Crippen molar-refractivity contribution in [1.29, 1.82) is 0 Å². The van der Waals surface area contributed by atoms with Gasteiger partial charge in [-0.1, -0.05) is 36.4 Å². The van der Waals surface area contributed by atoms with Crippen LogP contribution in [-0.2, 0) is 17.8 Å². The van der Waals surface area contributed by atoms with Crippen LogP contribution in [0.25, 0.3) is 17.1 Å². The number of para-hydroxylation sites is 2. The van der Waals surface area contributed by atoms with E-state index >= 15 is 0 Å². The van der Waals surface area contributed by atoms with Crippen molar-refractivity contribution in [3.05, 3.63) is 77.6 Å². The zero-order valence-electron chi connectivity index (χ0n) is 16.0. The first kappa shape index (κ1) is 18.3. The van der Waals surface area contributed by atoms with Crippen molar-refractivity contribution < 1.29 is 4.79 Å². The third-order valence-corrected chi connectivity index (χ3v) is 5.23. The lowest BCUT2D eigenvalue weighted by atomic mass is 9.99. The number of amides is 1. The van der Waals surface area contributed by atoms with Gasteiger partial charge < -0.3 is 5.32 Å². The van der Waals surface area contributed by atoms with Crippen LogP contribution in [0.2, 0.25) is 0 Å². The van der Waals surface area contributed by atoms with Crippen LogP contribution in [0.3, 0.4) is 0 Å². The van der Waals surface area contributed by atoms with E-state index in [0.29, 0.717) is 12.2 Å². The van der Waals surface area contributed by atoms with E-state index < -0.39 is 0 Å². The number of aromatic nitrogens is 2. The molecule has 0 saturated heterocycles. The van der Waals surface area contributed by atoms with Gasteiger partial charge in [0.15, 0.2) is 0 Å². The first-order chi connectivity index (χ1) is 13.7. The largest absolute Gasteiger partial charge is 0.351 e. The second kappa shape index (κ2) is 8.31. The van der Waals surface area contributed by atoms with Crippen LogP contribution in [0.5, 0.6) is 0 Å². The van der Waals surface area contributed by atoms with Crippen molar-refractivity contribution >= 4 is 23.0 Å². The van der Waals surface area contributed by atoms with Crippen molar-refractivity contribution in [2.75, 3.05) is 13.1 Å². The Labute approximate surface area is 165 Å². The van der Waals surface area contributed by atoms with Crippen molar-refractivity contribution in [2.24, 2.45) is 0 Å². The molecule has 0 radical (unpaired) electrons. The Balaban J connectivity index is 1.30. The number of fused-ring (bicyclic) bond motifs is 2. The van der Waals surface area contributed by atoms with Gasteiger partial charge in [0.05, 0.1) is 22.9 Å². The van der Waals surface area contributed by atoms with Gasteiger partial charge in [0.25, 0.3) is 0 Å². The molecule has 0 fully saturated rings. The average molecular weight is 372 g/mol. The lowest BCUT2D eigenvalue weighted by molar-refractivity contribution is -0.116. The summed E-state index contributed by atoms with van der Waals surface area (Å²) in [6.45, 7) is 4.74. The van der Waals surface area contributed by atoms with Gasteiger partial charge in [-0.3, -0.25) is 14.7 Å². The normalized spacial score (nSPS) is 15.5. The summed E-state index contributed by atoms with van der Waals surface area (Å²) in [6.07, 6.45) is 5.97. The average Bonchev–Trinajstić information content (AvgIpc) is 2.75. The molecule has 28 heavy (non-hydrogen) atoms. The van der Waals surface area contributed by atoms with E-state index in [1.54, 1.807) is 12.3 Å². The maximum atomic E-state index is 12.2. The van der Waals surface area contributed by atoms with Crippen molar-refractivity contribution in [1.82, 2.24) is 20.2 Å². The fraction of sp³-hybridized carbons (Fsp3) is 0.261. The fourth-order valence-corrected chi connectivity index (χ4v) is 3.54. The highest BCUT2D eigenvalue weighted by molar-refractivity contribution is 5.91. The van der Waals surface area contributed by atoms with Crippen LogP contribution in [0.15, 0.2) is 60.8 Å². The lowest BCUT2D eigenvalue weighted by Crippen LogP contribution is -2.44. The maximum absolute atomic E-state index is 12.2. The molecule has 0 spiro atoms. The molecule has 0 aliphatic carbocycles. The summed E-state index contributed by atoms with van der Waals surface area (Å²) in [4.78, 5) is 23.5. The number of nitrogens with zero attached hydrogens (tertiary/aromatic N) is 3. The Bertz CT molecular complexity index is 1010. The molecule has 3 aromatic rings. The summed E-state index contributed by atoms with van der Waals surface area (Å²) >= 11 is 0. The van der Waals surface area contributed by atoms with Gasteiger partial charge in [0.1, 0.15) is 0 Å². The summed E-state index contributed by atoms with van der Waals surface area (Å²) < 4.78 is 0. The highest BCUT2D eigenvalue weighted by Crippen LogP contribution is 2.19. The molecule has 0 saturated carbocycles. The van der Waals surface area contributed by atoms with E-state index in [1.807, 2.05) is 24.3 Å². The Kier molecular flexibility index (Phi) is 5.44. The van der Waals surface area contributed by atoms with Gasteiger partial charge in [-0.2, -0.15) is 0 Å². The number of hydrogen-bond donors (Lipinski definition) is 1. The molecule has 2 aromatic carbocycles. The molecule has 2 heterocycles. The maximum Gasteiger partial charge on any atom is 0.244 e. The predicted molar refractivity (Wildman–Crippen MR) is 112 cm³/mol. The first-order valence-corrected chi connectivity index (χ1v) is 9.67. The number of hydrogen-bond acceptors (Lipinski definition) is 4. The molecule has 5 nitrogen and oxygen atoms in total. The van der Waals surface area contributed by atoms with Crippen LogP contribution in [0.4, 0.5) is 0 Å². The zero-order chi connectivity index (χ0) is 19.3. The van der Waals surface area contributed by atoms with Crippen molar-refractivity contribution in [2.45, 2.75) is 25.9 Å². The molecule has 142 valence electrons. The molecule has 1 atom stereocenters. The number of carbonyl (C=O) groups excluding carboxylic acids is 1. The fourth-order valence-electron chi connectivity index (χ4n) is 3.54. The highest BCUT2D eigenvalue weighted by atomic mass is 16.1. The second-order valence-corrected chi connectivity index (χ2v) is 7.20. The Morgan fingerprint density at radius 3 is 2.75 bits per heavy atom. The summed E-state index contributed by atoms with van der Waals surface area (Å²) in [5, 5.41) is 3.00. The van der Waals surface area contributed by atoms with Gasteiger partial charge in [-0.15, -0.1) is 0 Å². The summed E-state index contributed by atoms with van der Waals surface area (Å²) in [6, 6.07) is 16.6. The molecule has 0 bridgehead atoms. The quantitative estimate of drug-likeness (QED) is 0.699. The molecule has 1 N–H and O–H groups in total. The summed E-state index contributed by atoms with van der Waals surface area (Å²) in [5.74, 6) is -0.112. The smallest absolute Gasteiger partial charge is 0.244 e. The molecule has 1 aromatic heterocycles. The zero-order valence-corrected chi connectivity index (χ0v) is 16.0. The highest BCUT2D eigenvalue weighted by Gasteiger charge is 2.20. The topological polar surface area (TPSA) is 58.1 Å². The molecule has 1 aliphatic rings. The Morgan fingerprint density at radius 1 is 1.14 bits per heavy atom. The molecule has 1 unspecified atom stereocenters. The van der Waals surface area contributed by atoms with Crippen LogP contribution >= 0.6 is 0 Å². The van der Waals surface area contributed by atoms with E-state index in [2.05, 4.69) is 51.4 Å². The van der Waals surface area contributed by atoms with E-state index in [4.69, 9.17) is 0 Å². The Hall–Kier alpha value is -3.05. The molecular weight excluding hydrogens is 348 g/mol. The number of nitrogens with one attached hydrogen (secondary N) is 1. The standard InChI is InChI=1S/C23H24N4O/c1-17(27-13-12-18-6-2-3-7-19(18)16-27)14-25-23(28)11-10-20-15-24-21-8-4-5-9-22(21)26-20/h2-11,15,17H,12-14,16H2,1H3,(H,25,28)/b11-10+. The van der Waals surface area contributed by atoms with E-state index in [-0.39, 0.29) is 11.9 Å². The lowest BCUT2D eigenvalue weighted by Gasteiger charge is -2.33. The van der Waals surface area contributed by atoms with Gasteiger partial charge in [-0.25, -0.2) is 4.98 Å². The third-order valence-electron chi connectivity index (χ3n) is 5.23. The summed E-state index contributed by atoms with van der Waals surface area (Å²) in [5.41, 5.74) is 5.18. The van der Waals surface area contributed by atoms with Crippen LogP contribution in [0, 0.1) is 0 Å². The third kappa shape index (κ3) is 4.26. The minimum Gasteiger partial charge on any atom is -0.351 e. The van der Waals surface area contributed by atoms with Crippen molar-refractivity contribution in [3.8, 4) is 0 Å². The van der Waals surface area contributed by atoms with Gasteiger partial charge in [0.2, 0.25) is 5.91 Å². The molecule has 1 amide bonds. The van der Waals surface area contributed by atoms with E-state index in [0.717, 1.165) is 30.5 Å². The van der Waals surface area contributed by atoms with Crippen LogP contribution < -0.4 is 5.32 Å². The monoisotopic (exact) mass is 372 g/mol. The Morgan fingerprint density at radius 2 is 1.89 bits per heavy atom. The number of carbonyl (C=O) groups is 1. The minimum absolute atomic E-state index is 0.112. The molecular formula is C23H24N4O. The molecule has 5 heteroatoms. The van der Waals surface area contributed by atoms with Crippen LogP contribution in [-0.4, -0.2) is 39.9 Å². The predicted octanol–water partition coefficient (Wildman–Crippen LogP) is 3.21. The number of benzene rings is 2. The van der Waals surface area contributed by atoms with Crippen molar-refractivity contribution in [3.63, 3.8) is 0 Å². The second-order valence-electron chi connectivity index (χ2n) is 7.20. The van der Waals surface area contributed by atoms with Crippen LogP contribution in [0.1, 0.15) is 23.7 Å². The van der Waals surface area contributed by atoms with Gasteiger partial charge in [-0.05, 0) is 42.7 Å².